The fourth-order valence-corrected chi connectivity index (χ4v) is 3.48. The van der Waals surface area contributed by atoms with Gasteiger partial charge in [-0.2, -0.15) is 0 Å². The highest BCUT2D eigenvalue weighted by atomic mass is 32.2. The first-order valence-electron chi connectivity index (χ1n) is 8.59. The topological polar surface area (TPSA) is 57.8 Å². The van der Waals surface area contributed by atoms with E-state index in [0.29, 0.717) is 6.54 Å². The van der Waals surface area contributed by atoms with E-state index in [0.717, 1.165) is 35.5 Å². The first-order chi connectivity index (χ1) is 12.2. The Hall–Kier alpha value is -2.27. The van der Waals surface area contributed by atoms with Crippen molar-refractivity contribution >= 4 is 28.7 Å². The molecule has 0 saturated carbocycles. The van der Waals surface area contributed by atoms with Crippen molar-refractivity contribution < 1.29 is 4.79 Å². The molecule has 0 aliphatic rings. The average molecular weight is 353 g/mol. The van der Waals surface area contributed by atoms with Crippen LogP contribution in [0.25, 0.3) is 11.0 Å². The first kappa shape index (κ1) is 17.5. The molecule has 0 fully saturated rings. The molecule has 0 saturated heterocycles. The van der Waals surface area contributed by atoms with Crippen LogP contribution < -0.4 is 5.32 Å². The molecule has 0 aliphatic heterocycles. The van der Waals surface area contributed by atoms with Gasteiger partial charge in [-0.3, -0.25) is 4.79 Å². The Balaban J connectivity index is 1.37. The first-order valence-corrected chi connectivity index (χ1v) is 9.64. The predicted molar refractivity (Wildman–Crippen MR) is 105 cm³/mol. The van der Waals surface area contributed by atoms with Crippen molar-refractivity contribution in [1.29, 1.82) is 0 Å². The zero-order valence-electron chi connectivity index (χ0n) is 14.4. The van der Waals surface area contributed by atoms with Crippen LogP contribution in [-0.4, -0.2) is 27.7 Å². The van der Waals surface area contributed by atoms with Crippen molar-refractivity contribution in [2.75, 3.05) is 6.54 Å². The van der Waals surface area contributed by atoms with Crippen LogP contribution in [-0.2, 0) is 17.0 Å². The maximum Gasteiger partial charge on any atom is 0.232 e. The van der Waals surface area contributed by atoms with Crippen LogP contribution in [0.4, 0.5) is 0 Å². The number of rotatable bonds is 8. The number of aromatic amines is 1. The van der Waals surface area contributed by atoms with Crippen molar-refractivity contribution in [3.05, 3.63) is 66.0 Å². The number of hydrogen-bond donors (Lipinski definition) is 2. The van der Waals surface area contributed by atoms with E-state index >= 15 is 0 Å². The van der Waals surface area contributed by atoms with E-state index in [2.05, 4.69) is 27.4 Å². The number of aromatic nitrogens is 2. The van der Waals surface area contributed by atoms with Crippen LogP contribution in [0, 0.1) is 0 Å². The van der Waals surface area contributed by atoms with Crippen molar-refractivity contribution in [1.82, 2.24) is 15.3 Å². The van der Waals surface area contributed by atoms with Gasteiger partial charge in [-0.1, -0.05) is 42.5 Å². The lowest BCUT2D eigenvalue weighted by molar-refractivity contribution is -0.120. The molecule has 1 atom stereocenters. The Morgan fingerprint density at radius 2 is 1.92 bits per heavy atom. The molecular formula is C20H23N3OS. The van der Waals surface area contributed by atoms with Crippen LogP contribution in [0.3, 0.4) is 0 Å². The molecule has 0 radical (unpaired) electrons. The Morgan fingerprint density at radius 3 is 2.72 bits per heavy atom. The van der Waals surface area contributed by atoms with Gasteiger partial charge in [0.15, 0.2) is 0 Å². The number of amides is 1. The molecule has 1 unspecified atom stereocenters. The number of carbonyl (C=O) groups is 1. The summed E-state index contributed by atoms with van der Waals surface area (Å²) >= 11 is 1.66. The van der Waals surface area contributed by atoms with Gasteiger partial charge in [0.25, 0.3) is 0 Å². The van der Waals surface area contributed by atoms with Crippen molar-refractivity contribution in [3.8, 4) is 0 Å². The van der Waals surface area contributed by atoms with E-state index in [9.17, 15) is 4.79 Å². The minimum Gasteiger partial charge on any atom is -0.355 e. The van der Waals surface area contributed by atoms with Gasteiger partial charge in [-0.25, -0.2) is 4.98 Å². The zero-order chi connectivity index (χ0) is 17.5. The number of hydrogen-bond acceptors (Lipinski definition) is 3. The quantitative estimate of drug-likeness (QED) is 0.603. The number of H-pyrrole nitrogens is 1. The molecule has 0 spiro atoms. The van der Waals surface area contributed by atoms with Gasteiger partial charge < -0.3 is 10.3 Å². The number of thioether (sulfide) groups is 1. The van der Waals surface area contributed by atoms with Crippen LogP contribution in [0.5, 0.6) is 0 Å². The highest BCUT2D eigenvalue weighted by molar-refractivity contribution is 7.99. The number of nitrogens with zero attached hydrogens (tertiary/aromatic N) is 1. The highest BCUT2D eigenvalue weighted by Crippen LogP contribution is 2.17. The molecule has 5 heteroatoms. The largest absolute Gasteiger partial charge is 0.355 e. The molecular weight excluding hydrogens is 330 g/mol. The van der Waals surface area contributed by atoms with Gasteiger partial charge in [0.05, 0.1) is 16.3 Å². The average Bonchev–Trinajstić information content (AvgIpc) is 3.06. The summed E-state index contributed by atoms with van der Waals surface area (Å²) in [5.41, 5.74) is 3.30. The molecule has 2 aromatic carbocycles. The summed E-state index contributed by atoms with van der Waals surface area (Å²) < 4.78 is 0. The molecule has 1 amide bonds. The maximum atomic E-state index is 12.2. The Labute approximate surface area is 152 Å². The number of benzene rings is 2. The Bertz CT molecular complexity index is 783. The lowest BCUT2D eigenvalue weighted by atomic mass is 10.2. The second-order valence-corrected chi connectivity index (χ2v) is 7.36. The standard InChI is InChI=1S/C20H23N3OS/c1-15(25-14-16-8-3-2-4-9-16)20(24)21-13-7-12-19-22-17-10-5-6-11-18(17)23-19/h2-6,8-11,15H,7,12-14H2,1H3,(H,21,24)(H,22,23). The summed E-state index contributed by atoms with van der Waals surface area (Å²) in [4.78, 5) is 20.0. The Kier molecular flexibility index (Phi) is 6.12. The van der Waals surface area contributed by atoms with Crippen molar-refractivity contribution in [3.63, 3.8) is 0 Å². The third-order valence-corrected chi connectivity index (χ3v) is 5.25. The Morgan fingerprint density at radius 1 is 1.16 bits per heavy atom. The predicted octanol–water partition coefficient (Wildman–Crippen LogP) is 3.93. The van der Waals surface area contributed by atoms with Crippen LogP contribution in [0.15, 0.2) is 54.6 Å². The molecule has 130 valence electrons. The van der Waals surface area contributed by atoms with Gasteiger partial charge in [0.2, 0.25) is 5.91 Å². The number of carbonyl (C=O) groups excluding carboxylic acids is 1. The van der Waals surface area contributed by atoms with Gasteiger partial charge in [0, 0.05) is 18.7 Å². The lowest BCUT2D eigenvalue weighted by Gasteiger charge is -2.11. The summed E-state index contributed by atoms with van der Waals surface area (Å²) in [6, 6.07) is 18.3. The van der Waals surface area contributed by atoms with Crippen molar-refractivity contribution in [2.45, 2.75) is 30.8 Å². The van der Waals surface area contributed by atoms with E-state index in [4.69, 9.17) is 0 Å². The fraction of sp³-hybridized carbons (Fsp3) is 0.300. The monoisotopic (exact) mass is 353 g/mol. The van der Waals surface area contributed by atoms with Gasteiger partial charge in [-0.15, -0.1) is 11.8 Å². The molecule has 25 heavy (non-hydrogen) atoms. The summed E-state index contributed by atoms with van der Waals surface area (Å²) in [5, 5.41) is 2.97. The van der Waals surface area contributed by atoms with E-state index in [1.807, 2.05) is 49.4 Å². The third kappa shape index (κ3) is 5.10. The van der Waals surface area contributed by atoms with Gasteiger partial charge >= 0.3 is 0 Å². The minimum absolute atomic E-state index is 0.0496. The van der Waals surface area contributed by atoms with Gasteiger partial charge in [-0.05, 0) is 31.0 Å². The molecule has 1 heterocycles. The van der Waals surface area contributed by atoms with E-state index in [1.165, 1.54) is 5.56 Å². The SMILES string of the molecule is CC(SCc1ccccc1)C(=O)NCCCc1nc2ccccc2[nH]1. The number of para-hydroxylation sites is 2. The van der Waals surface area contributed by atoms with Crippen LogP contribution >= 0.6 is 11.8 Å². The molecule has 2 N–H and O–H groups in total. The minimum atomic E-state index is -0.0496. The number of imidazole rings is 1. The number of aryl methyl sites for hydroxylation is 1. The molecule has 3 aromatic rings. The highest BCUT2D eigenvalue weighted by Gasteiger charge is 2.12. The number of fused-ring (bicyclic) bond motifs is 1. The second kappa shape index (κ2) is 8.72. The van der Waals surface area contributed by atoms with E-state index in [-0.39, 0.29) is 11.2 Å². The van der Waals surface area contributed by atoms with Gasteiger partial charge in [0.1, 0.15) is 5.82 Å². The fourth-order valence-electron chi connectivity index (χ4n) is 2.61. The summed E-state index contributed by atoms with van der Waals surface area (Å²) in [6.07, 6.45) is 1.71. The van der Waals surface area contributed by atoms with E-state index in [1.54, 1.807) is 11.8 Å². The summed E-state index contributed by atoms with van der Waals surface area (Å²) in [7, 11) is 0. The maximum absolute atomic E-state index is 12.2. The second-order valence-electron chi connectivity index (χ2n) is 6.03. The van der Waals surface area contributed by atoms with Crippen molar-refractivity contribution in [2.24, 2.45) is 0 Å². The smallest absolute Gasteiger partial charge is 0.232 e. The van der Waals surface area contributed by atoms with E-state index < -0.39 is 0 Å². The van der Waals surface area contributed by atoms with Crippen LogP contribution in [0.1, 0.15) is 24.7 Å². The normalized spacial score (nSPS) is 12.2. The van der Waals surface area contributed by atoms with Crippen LogP contribution in [0.2, 0.25) is 0 Å². The number of nitrogens with one attached hydrogen (secondary N) is 2. The molecule has 4 nitrogen and oxygen atoms in total. The molecule has 0 aliphatic carbocycles. The molecule has 0 bridgehead atoms. The lowest BCUT2D eigenvalue weighted by Crippen LogP contribution is -2.32. The molecule has 1 aromatic heterocycles. The third-order valence-electron chi connectivity index (χ3n) is 4.04. The zero-order valence-corrected chi connectivity index (χ0v) is 15.2. The molecule has 3 rings (SSSR count). The summed E-state index contributed by atoms with van der Waals surface area (Å²) in [6.45, 7) is 2.63. The summed E-state index contributed by atoms with van der Waals surface area (Å²) in [5.74, 6) is 1.93.